The molecule has 0 unspecified atom stereocenters. The maximum absolute atomic E-state index is 10.1. The van der Waals surface area contributed by atoms with Gasteiger partial charge in [0.05, 0.1) is 17.6 Å². The number of hydrogen-bond acceptors (Lipinski definition) is 3. The molecule has 0 bridgehead atoms. The lowest BCUT2D eigenvalue weighted by atomic mass is 10.1. The second-order valence-electron chi connectivity index (χ2n) is 2.35. The summed E-state index contributed by atoms with van der Waals surface area (Å²) in [6.07, 6.45) is 2.24. The predicted octanol–water partition coefficient (Wildman–Crippen LogP) is 0.321. The van der Waals surface area contributed by atoms with E-state index in [2.05, 4.69) is 0 Å². The summed E-state index contributed by atoms with van der Waals surface area (Å²) in [6, 6.07) is 8.69. The summed E-state index contributed by atoms with van der Waals surface area (Å²) in [6.45, 7) is 0. The van der Waals surface area contributed by atoms with Crippen LogP contribution >= 0.6 is 0 Å². The van der Waals surface area contributed by atoms with E-state index < -0.39 is 5.97 Å². The molecule has 0 atom stereocenters. The molecule has 0 aliphatic rings. The van der Waals surface area contributed by atoms with Crippen molar-refractivity contribution in [1.82, 2.24) is 0 Å². The van der Waals surface area contributed by atoms with Gasteiger partial charge in [0.1, 0.15) is 0 Å². The molecule has 0 spiro atoms. The van der Waals surface area contributed by atoms with Crippen LogP contribution in [0.2, 0.25) is 0 Å². The number of rotatable bonds is 2. The van der Waals surface area contributed by atoms with E-state index in [1.807, 2.05) is 6.07 Å². The van der Waals surface area contributed by atoms with Gasteiger partial charge < -0.3 is 9.90 Å². The van der Waals surface area contributed by atoms with Crippen molar-refractivity contribution in [1.29, 1.82) is 5.26 Å². The third-order valence-corrected chi connectivity index (χ3v) is 1.48. The van der Waals surface area contributed by atoms with E-state index in [-0.39, 0.29) is 0 Å². The van der Waals surface area contributed by atoms with Crippen LogP contribution in [-0.4, -0.2) is 5.97 Å². The van der Waals surface area contributed by atoms with Crippen LogP contribution in [0.3, 0.4) is 0 Å². The molecule has 1 rings (SSSR count). The maximum atomic E-state index is 10.1. The summed E-state index contributed by atoms with van der Waals surface area (Å²) < 4.78 is 0. The van der Waals surface area contributed by atoms with Crippen molar-refractivity contribution in [2.75, 3.05) is 0 Å². The topological polar surface area (TPSA) is 63.9 Å². The zero-order valence-corrected chi connectivity index (χ0v) is 6.73. The minimum atomic E-state index is -1.27. The van der Waals surface area contributed by atoms with Crippen molar-refractivity contribution in [3.05, 3.63) is 41.5 Å². The fourth-order valence-electron chi connectivity index (χ4n) is 0.902. The minimum Gasteiger partial charge on any atom is -0.545 e. The molecule has 0 fully saturated rings. The average Bonchev–Trinajstić information content (AvgIpc) is 2.15. The summed E-state index contributed by atoms with van der Waals surface area (Å²) in [5, 5.41) is 18.7. The quantitative estimate of drug-likeness (QED) is 0.603. The molecular weight excluding hydrogens is 166 g/mol. The Labute approximate surface area is 75.5 Å². The molecule has 64 valence electrons. The highest BCUT2D eigenvalue weighted by atomic mass is 16.4. The van der Waals surface area contributed by atoms with Crippen LogP contribution in [0.5, 0.6) is 0 Å². The standard InChI is InChI=1S/C10H7NO2/c11-7-9-4-2-1-3-8(9)5-6-10(12)13/h1-6H,(H,12,13)/p-1. The number of carbonyl (C=O) groups excluding carboxylic acids is 1. The first-order chi connectivity index (χ1) is 6.24. The fourth-order valence-corrected chi connectivity index (χ4v) is 0.902. The van der Waals surface area contributed by atoms with Gasteiger partial charge in [0.15, 0.2) is 0 Å². The van der Waals surface area contributed by atoms with Gasteiger partial charge in [-0.1, -0.05) is 24.3 Å². The molecule has 0 saturated carbocycles. The Kier molecular flexibility index (Phi) is 2.82. The monoisotopic (exact) mass is 172 g/mol. The van der Waals surface area contributed by atoms with E-state index in [0.717, 1.165) is 6.08 Å². The smallest absolute Gasteiger partial charge is 0.0997 e. The summed E-state index contributed by atoms with van der Waals surface area (Å²) in [7, 11) is 0. The lowest BCUT2D eigenvalue weighted by Gasteiger charge is -1.96. The van der Waals surface area contributed by atoms with E-state index in [1.165, 1.54) is 6.08 Å². The molecule has 0 aromatic heterocycles. The second kappa shape index (κ2) is 4.07. The number of nitrogens with zero attached hydrogens (tertiary/aromatic N) is 1. The maximum Gasteiger partial charge on any atom is 0.0997 e. The van der Waals surface area contributed by atoms with Crippen molar-refractivity contribution >= 4 is 12.0 Å². The third kappa shape index (κ3) is 2.46. The van der Waals surface area contributed by atoms with Gasteiger partial charge >= 0.3 is 0 Å². The number of carbonyl (C=O) groups is 1. The van der Waals surface area contributed by atoms with Crippen LogP contribution in [0.15, 0.2) is 30.3 Å². The number of hydrogen-bond donors (Lipinski definition) is 0. The Hall–Kier alpha value is -2.08. The normalized spacial score (nSPS) is 9.77. The molecule has 0 aliphatic carbocycles. The summed E-state index contributed by atoms with van der Waals surface area (Å²) in [5.41, 5.74) is 1.02. The first kappa shape index (κ1) is 9.01. The van der Waals surface area contributed by atoms with Crippen LogP contribution in [0.25, 0.3) is 6.08 Å². The Bertz CT molecular complexity index is 388. The Balaban J connectivity index is 3.02. The van der Waals surface area contributed by atoms with E-state index in [0.29, 0.717) is 11.1 Å². The largest absolute Gasteiger partial charge is 0.545 e. The number of nitriles is 1. The third-order valence-electron chi connectivity index (χ3n) is 1.48. The molecule has 0 saturated heterocycles. The summed E-state index contributed by atoms with van der Waals surface area (Å²) in [5.74, 6) is -1.27. The van der Waals surface area contributed by atoms with Crippen LogP contribution in [0, 0.1) is 11.3 Å². The van der Waals surface area contributed by atoms with Gasteiger partial charge in [-0.2, -0.15) is 5.26 Å². The van der Waals surface area contributed by atoms with Crippen molar-refractivity contribution in [3.63, 3.8) is 0 Å². The van der Waals surface area contributed by atoms with Crippen molar-refractivity contribution in [2.24, 2.45) is 0 Å². The molecule has 0 N–H and O–H groups in total. The SMILES string of the molecule is N#Cc1ccccc1C=CC(=O)[O-]. The molecular formula is C10H6NO2-. The number of benzene rings is 1. The molecule has 3 nitrogen and oxygen atoms in total. The lowest BCUT2D eigenvalue weighted by Crippen LogP contribution is -2.18. The van der Waals surface area contributed by atoms with Crippen molar-refractivity contribution < 1.29 is 9.90 Å². The van der Waals surface area contributed by atoms with Crippen LogP contribution in [-0.2, 0) is 4.79 Å². The minimum absolute atomic E-state index is 0.444. The van der Waals surface area contributed by atoms with Gasteiger partial charge in [0.25, 0.3) is 0 Å². The molecule has 3 heteroatoms. The summed E-state index contributed by atoms with van der Waals surface area (Å²) in [4.78, 5) is 10.1. The number of aliphatic carboxylic acids is 1. The van der Waals surface area contributed by atoms with Gasteiger partial charge in [-0.05, 0) is 17.7 Å². The van der Waals surface area contributed by atoms with E-state index in [1.54, 1.807) is 24.3 Å². The molecule has 13 heavy (non-hydrogen) atoms. The highest BCUT2D eigenvalue weighted by molar-refractivity contribution is 5.84. The highest BCUT2D eigenvalue weighted by Gasteiger charge is 1.94. The van der Waals surface area contributed by atoms with Crippen molar-refractivity contribution in [3.8, 4) is 6.07 Å². The second-order valence-corrected chi connectivity index (χ2v) is 2.35. The molecule has 0 heterocycles. The Morgan fingerprint density at radius 1 is 1.46 bits per heavy atom. The number of carboxylic acids is 1. The van der Waals surface area contributed by atoms with E-state index >= 15 is 0 Å². The highest BCUT2D eigenvalue weighted by Crippen LogP contribution is 2.08. The molecule has 0 aliphatic heterocycles. The summed E-state index contributed by atoms with van der Waals surface area (Å²) >= 11 is 0. The van der Waals surface area contributed by atoms with Gasteiger partial charge in [0, 0.05) is 0 Å². The fraction of sp³-hybridized carbons (Fsp3) is 0. The zero-order valence-electron chi connectivity index (χ0n) is 6.73. The number of carboxylic acid groups (broad SMARTS) is 1. The molecule has 0 radical (unpaired) electrons. The average molecular weight is 172 g/mol. The van der Waals surface area contributed by atoms with Crippen LogP contribution in [0.1, 0.15) is 11.1 Å². The van der Waals surface area contributed by atoms with Gasteiger partial charge in [-0.3, -0.25) is 0 Å². The molecule has 1 aromatic carbocycles. The first-order valence-electron chi connectivity index (χ1n) is 3.62. The van der Waals surface area contributed by atoms with E-state index in [9.17, 15) is 9.90 Å². The van der Waals surface area contributed by atoms with Crippen molar-refractivity contribution in [2.45, 2.75) is 0 Å². The van der Waals surface area contributed by atoms with Gasteiger partial charge in [-0.25, -0.2) is 0 Å². The zero-order chi connectivity index (χ0) is 9.68. The lowest BCUT2D eigenvalue weighted by molar-refractivity contribution is -0.297. The van der Waals surface area contributed by atoms with Gasteiger partial charge in [0.2, 0.25) is 0 Å². The van der Waals surface area contributed by atoms with Crippen LogP contribution in [0.4, 0.5) is 0 Å². The molecule has 1 aromatic rings. The Morgan fingerprint density at radius 2 is 2.15 bits per heavy atom. The van der Waals surface area contributed by atoms with Crippen LogP contribution < -0.4 is 5.11 Å². The Morgan fingerprint density at radius 3 is 2.77 bits per heavy atom. The first-order valence-corrected chi connectivity index (χ1v) is 3.62. The predicted molar refractivity (Wildman–Crippen MR) is 45.2 cm³/mol. The van der Waals surface area contributed by atoms with E-state index in [4.69, 9.17) is 5.26 Å². The van der Waals surface area contributed by atoms with Gasteiger partial charge in [-0.15, -0.1) is 0 Å². The molecule has 0 amide bonds.